The van der Waals surface area contributed by atoms with E-state index in [-0.39, 0.29) is 10.8 Å². The van der Waals surface area contributed by atoms with Gasteiger partial charge in [-0.3, -0.25) is 0 Å². The first-order chi connectivity index (χ1) is 12.0. The number of methoxy groups -OCH3 is 1. The summed E-state index contributed by atoms with van der Waals surface area (Å²) in [5.74, 6) is 0.528. The molecule has 1 atom stereocenters. The van der Waals surface area contributed by atoms with Gasteiger partial charge in [-0.1, -0.05) is 37.3 Å². The van der Waals surface area contributed by atoms with E-state index < -0.39 is 10.0 Å². The van der Waals surface area contributed by atoms with Crippen molar-refractivity contribution in [2.24, 2.45) is 0 Å². The molecule has 0 saturated heterocycles. The first kappa shape index (κ1) is 18.0. The summed E-state index contributed by atoms with van der Waals surface area (Å²) < 4.78 is 33.8. The van der Waals surface area contributed by atoms with E-state index in [0.29, 0.717) is 12.3 Å². The number of rotatable bonds is 6. The number of benzene rings is 2. The number of nitrogens with one attached hydrogen (secondary N) is 1. The monoisotopic (exact) mass is 359 g/mol. The fraction of sp³-hybridized carbons (Fsp3) is 0.400. The van der Waals surface area contributed by atoms with Gasteiger partial charge >= 0.3 is 0 Å². The van der Waals surface area contributed by atoms with E-state index >= 15 is 0 Å². The Morgan fingerprint density at radius 3 is 2.36 bits per heavy atom. The Balaban J connectivity index is 1.82. The molecule has 1 aliphatic rings. The number of aryl methyl sites for hydroxylation is 2. The quantitative estimate of drug-likeness (QED) is 0.856. The van der Waals surface area contributed by atoms with E-state index in [1.807, 2.05) is 43.3 Å². The summed E-state index contributed by atoms with van der Waals surface area (Å²) in [5.41, 5.74) is 3.45. The van der Waals surface area contributed by atoms with Crippen molar-refractivity contribution in [2.45, 2.75) is 43.4 Å². The molecule has 0 aromatic heterocycles. The topological polar surface area (TPSA) is 55.4 Å². The van der Waals surface area contributed by atoms with Crippen molar-refractivity contribution >= 4 is 10.0 Å². The highest BCUT2D eigenvalue weighted by Gasteiger charge is 2.23. The first-order valence-electron chi connectivity index (χ1n) is 8.75. The third-order valence-electron chi connectivity index (χ3n) is 4.87. The summed E-state index contributed by atoms with van der Waals surface area (Å²) in [6, 6.07) is 13.6. The maximum atomic E-state index is 12.8. The minimum atomic E-state index is -3.61. The number of ether oxygens (including phenoxy) is 1. The number of hydrogen-bond donors (Lipinski definition) is 1. The lowest BCUT2D eigenvalue weighted by Gasteiger charge is -2.20. The molecule has 0 saturated carbocycles. The molecule has 3 rings (SSSR count). The Kier molecular flexibility index (Phi) is 5.45. The van der Waals surface area contributed by atoms with Crippen molar-refractivity contribution in [3.8, 4) is 5.75 Å². The molecule has 0 bridgehead atoms. The van der Waals surface area contributed by atoms with E-state index in [4.69, 9.17) is 4.74 Å². The van der Waals surface area contributed by atoms with Crippen LogP contribution >= 0.6 is 0 Å². The van der Waals surface area contributed by atoms with Crippen LogP contribution in [0.3, 0.4) is 0 Å². The highest BCUT2D eigenvalue weighted by molar-refractivity contribution is 7.89. The largest absolute Gasteiger partial charge is 0.495 e. The minimum Gasteiger partial charge on any atom is -0.495 e. The molecular weight excluding hydrogens is 334 g/mol. The molecule has 134 valence electrons. The van der Waals surface area contributed by atoms with Crippen LogP contribution in [0.25, 0.3) is 0 Å². The van der Waals surface area contributed by atoms with E-state index in [9.17, 15) is 8.42 Å². The normalized spacial score (nSPS) is 15.4. The molecule has 0 radical (unpaired) electrons. The van der Waals surface area contributed by atoms with Gasteiger partial charge in [0.15, 0.2) is 0 Å². The summed E-state index contributed by atoms with van der Waals surface area (Å²) in [5, 5.41) is 0. The van der Waals surface area contributed by atoms with Gasteiger partial charge in [-0.15, -0.1) is 0 Å². The van der Waals surface area contributed by atoms with Crippen molar-refractivity contribution in [2.75, 3.05) is 13.7 Å². The summed E-state index contributed by atoms with van der Waals surface area (Å²) in [4.78, 5) is 0.246. The Bertz CT molecular complexity index is 832. The van der Waals surface area contributed by atoms with Crippen molar-refractivity contribution in [1.82, 2.24) is 4.72 Å². The number of hydrogen-bond acceptors (Lipinski definition) is 3. The fourth-order valence-corrected chi connectivity index (χ4v) is 4.65. The standard InChI is InChI=1S/C20H25NO3S/c1-15(16-8-4-3-5-9-16)14-21-25(22,23)20-13-18-11-7-6-10-17(18)12-19(20)24-2/h3-5,8-9,12-13,15,21H,6-7,10-11,14H2,1-2H3/t15-/m0/s1. The van der Waals surface area contributed by atoms with Crippen LogP contribution in [-0.4, -0.2) is 22.1 Å². The Labute approximate surface area is 150 Å². The summed E-state index contributed by atoms with van der Waals surface area (Å²) in [6.45, 7) is 2.37. The van der Waals surface area contributed by atoms with Gasteiger partial charge in [0.1, 0.15) is 10.6 Å². The molecule has 0 spiro atoms. The predicted octanol–water partition coefficient (Wildman–Crippen LogP) is 3.66. The van der Waals surface area contributed by atoms with E-state index in [0.717, 1.165) is 36.8 Å². The third-order valence-corrected chi connectivity index (χ3v) is 6.31. The van der Waals surface area contributed by atoms with Crippen molar-refractivity contribution in [1.29, 1.82) is 0 Å². The Morgan fingerprint density at radius 1 is 1.08 bits per heavy atom. The van der Waals surface area contributed by atoms with Gasteiger partial charge < -0.3 is 4.74 Å². The second-order valence-electron chi connectivity index (χ2n) is 6.64. The van der Waals surface area contributed by atoms with Crippen LogP contribution in [0.5, 0.6) is 5.75 Å². The summed E-state index contributed by atoms with van der Waals surface area (Å²) in [7, 11) is -2.09. The van der Waals surface area contributed by atoms with Gasteiger partial charge in [-0.05, 0) is 60.4 Å². The van der Waals surface area contributed by atoms with Crippen molar-refractivity contribution in [3.05, 3.63) is 59.2 Å². The molecule has 1 aliphatic carbocycles. The lowest BCUT2D eigenvalue weighted by Crippen LogP contribution is -2.28. The van der Waals surface area contributed by atoms with E-state index in [1.54, 1.807) is 6.07 Å². The molecule has 0 fully saturated rings. The summed E-state index contributed by atoms with van der Waals surface area (Å²) >= 11 is 0. The van der Waals surface area contributed by atoms with Crippen LogP contribution in [-0.2, 0) is 22.9 Å². The SMILES string of the molecule is COc1cc2c(cc1S(=O)(=O)NC[C@H](C)c1ccccc1)CCCC2. The van der Waals surface area contributed by atoms with E-state index in [2.05, 4.69) is 4.72 Å². The maximum absolute atomic E-state index is 12.8. The average molecular weight is 359 g/mol. The zero-order valence-corrected chi connectivity index (χ0v) is 15.6. The van der Waals surface area contributed by atoms with Crippen LogP contribution in [0.15, 0.2) is 47.4 Å². The smallest absolute Gasteiger partial charge is 0.244 e. The molecule has 25 heavy (non-hydrogen) atoms. The van der Waals surface area contributed by atoms with Crippen molar-refractivity contribution in [3.63, 3.8) is 0 Å². The molecule has 1 N–H and O–H groups in total. The molecule has 0 unspecified atom stereocenters. The molecular formula is C20H25NO3S. The van der Waals surface area contributed by atoms with Crippen molar-refractivity contribution < 1.29 is 13.2 Å². The van der Waals surface area contributed by atoms with Gasteiger partial charge in [-0.25, -0.2) is 13.1 Å². The van der Waals surface area contributed by atoms with Crippen LogP contribution < -0.4 is 9.46 Å². The molecule has 2 aromatic carbocycles. The highest BCUT2D eigenvalue weighted by atomic mass is 32.2. The second-order valence-corrected chi connectivity index (χ2v) is 8.38. The first-order valence-corrected chi connectivity index (χ1v) is 10.2. The molecule has 5 heteroatoms. The van der Waals surface area contributed by atoms with Gasteiger partial charge in [0.25, 0.3) is 0 Å². The van der Waals surface area contributed by atoms with Crippen LogP contribution in [0.4, 0.5) is 0 Å². The van der Waals surface area contributed by atoms with Gasteiger partial charge in [-0.2, -0.15) is 0 Å². The highest BCUT2D eigenvalue weighted by Crippen LogP contribution is 2.32. The molecule has 2 aromatic rings. The summed E-state index contributed by atoms with van der Waals surface area (Å²) in [6.07, 6.45) is 4.18. The molecule has 0 heterocycles. The minimum absolute atomic E-state index is 0.0968. The lowest BCUT2D eigenvalue weighted by molar-refractivity contribution is 0.400. The number of fused-ring (bicyclic) bond motifs is 1. The van der Waals surface area contributed by atoms with Gasteiger partial charge in [0, 0.05) is 6.54 Å². The van der Waals surface area contributed by atoms with Gasteiger partial charge in [0.05, 0.1) is 7.11 Å². The fourth-order valence-electron chi connectivity index (χ4n) is 3.32. The van der Waals surface area contributed by atoms with Crippen LogP contribution in [0.2, 0.25) is 0 Å². The zero-order chi connectivity index (χ0) is 17.9. The van der Waals surface area contributed by atoms with E-state index in [1.165, 1.54) is 12.7 Å². The predicted molar refractivity (Wildman–Crippen MR) is 99.7 cm³/mol. The second kappa shape index (κ2) is 7.58. The maximum Gasteiger partial charge on any atom is 0.244 e. The lowest BCUT2D eigenvalue weighted by atomic mass is 9.92. The molecule has 4 nitrogen and oxygen atoms in total. The number of sulfonamides is 1. The molecule has 0 amide bonds. The Hall–Kier alpha value is -1.85. The third kappa shape index (κ3) is 4.05. The molecule has 0 aliphatic heterocycles. The van der Waals surface area contributed by atoms with Gasteiger partial charge in [0.2, 0.25) is 10.0 Å². The van der Waals surface area contributed by atoms with Crippen LogP contribution in [0.1, 0.15) is 42.4 Å². The Morgan fingerprint density at radius 2 is 1.72 bits per heavy atom. The van der Waals surface area contributed by atoms with Crippen LogP contribution in [0, 0.1) is 0 Å². The zero-order valence-electron chi connectivity index (χ0n) is 14.8. The average Bonchev–Trinajstić information content (AvgIpc) is 2.65.